The van der Waals surface area contributed by atoms with Crippen molar-refractivity contribution in [2.45, 2.75) is 25.9 Å². The number of rotatable bonds is 5. The Labute approximate surface area is 70.6 Å². The van der Waals surface area contributed by atoms with Crippen LogP contribution in [0.15, 0.2) is 0 Å². The molecule has 0 aromatic carbocycles. The molecule has 0 spiro atoms. The molecular weight excluding hydrogens is 165 g/mol. The molecule has 0 radical (unpaired) electrons. The van der Waals surface area contributed by atoms with Gasteiger partial charge in [-0.1, -0.05) is 0 Å². The first kappa shape index (κ1) is 11.3. The van der Waals surface area contributed by atoms with E-state index in [0.29, 0.717) is 13.0 Å². The maximum absolute atomic E-state index is 11.7. The molecule has 2 N–H and O–H groups in total. The molecule has 12 heavy (non-hydrogen) atoms. The first-order chi connectivity index (χ1) is 5.54. The minimum Gasteiger partial charge on any atom is -0.396 e. The van der Waals surface area contributed by atoms with E-state index in [1.165, 1.54) is 13.8 Å². The van der Waals surface area contributed by atoms with Gasteiger partial charge in [0.2, 0.25) is 0 Å². The van der Waals surface area contributed by atoms with Crippen molar-refractivity contribution in [2.75, 3.05) is 13.2 Å². The van der Waals surface area contributed by atoms with Crippen LogP contribution in [-0.2, 0) is 9.74 Å². The zero-order chi connectivity index (χ0) is 9.61. The van der Waals surface area contributed by atoms with Crippen molar-refractivity contribution >= 4 is 5.91 Å². The van der Waals surface area contributed by atoms with Gasteiger partial charge in [0, 0.05) is 13.2 Å². The van der Waals surface area contributed by atoms with Crippen LogP contribution in [0, 0.1) is 0 Å². The van der Waals surface area contributed by atoms with Gasteiger partial charge < -0.3 is 10.4 Å². The number of aliphatic hydroxyl groups excluding tert-OH is 1. The zero-order valence-corrected chi connectivity index (χ0v) is 7.26. The van der Waals surface area contributed by atoms with Crippen LogP contribution in [0.5, 0.6) is 0 Å². The molecule has 1 amide bonds. The lowest BCUT2D eigenvalue weighted by Gasteiger charge is -2.17. The Morgan fingerprint density at radius 3 is 2.67 bits per heavy atom. The van der Waals surface area contributed by atoms with E-state index < -0.39 is 11.5 Å². The predicted octanol–water partition coefficient (Wildman–Crippen LogP) is 0.165. The van der Waals surface area contributed by atoms with Crippen molar-refractivity contribution in [3.8, 4) is 0 Å². The molecule has 0 saturated heterocycles. The summed E-state index contributed by atoms with van der Waals surface area (Å²) in [4.78, 5) is 14.5. The summed E-state index contributed by atoms with van der Waals surface area (Å²) in [5.41, 5.74) is -1.45. The lowest BCUT2D eigenvalue weighted by molar-refractivity contribution is -0.220. The summed E-state index contributed by atoms with van der Waals surface area (Å²) in [5.74, 6) is -0.529. The van der Waals surface area contributed by atoms with Crippen molar-refractivity contribution in [1.29, 1.82) is 0 Å². The predicted molar refractivity (Wildman–Crippen MR) is 41.0 cm³/mol. The number of hydrogen-bond acceptors (Lipinski definition) is 3. The average molecular weight is 179 g/mol. The van der Waals surface area contributed by atoms with Gasteiger partial charge in [-0.15, -0.1) is 0 Å². The van der Waals surface area contributed by atoms with Crippen LogP contribution in [0.1, 0.15) is 20.3 Å². The molecule has 0 bridgehead atoms. The molecule has 0 aliphatic carbocycles. The standard InChI is InChI=1S/C7H14FNO3/c1-7(2,12-8)6(11)9-4-3-5-10/h10H,3-5H2,1-2H3,(H,9,11). The SMILES string of the molecule is CC(C)(OF)C(=O)NCCCO. The van der Waals surface area contributed by atoms with E-state index in [2.05, 4.69) is 10.3 Å². The molecule has 0 aliphatic heterocycles. The molecule has 0 aromatic rings. The second-order valence-corrected chi connectivity index (χ2v) is 2.92. The number of carbonyl (C=O) groups is 1. The molecule has 0 unspecified atom stereocenters. The van der Waals surface area contributed by atoms with Gasteiger partial charge in [0.15, 0.2) is 5.60 Å². The first-order valence-electron chi connectivity index (χ1n) is 3.73. The van der Waals surface area contributed by atoms with Gasteiger partial charge in [0.1, 0.15) is 0 Å². The molecular formula is C7H14FNO3. The topological polar surface area (TPSA) is 58.6 Å². The molecule has 0 aromatic heterocycles. The largest absolute Gasteiger partial charge is 0.396 e. The summed E-state index contributed by atoms with van der Waals surface area (Å²) in [6.45, 7) is 2.96. The number of nitrogens with one attached hydrogen (secondary N) is 1. The summed E-state index contributed by atoms with van der Waals surface area (Å²) >= 11 is 0. The number of carbonyl (C=O) groups excluding carboxylic acids is 1. The van der Waals surface area contributed by atoms with Crippen molar-refractivity contribution < 1.29 is 19.4 Å². The number of halogens is 1. The summed E-state index contributed by atoms with van der Waals surface area (Å²) in [5, 5.41) is 10.8. The highest BCUT2D eigenvalue weighted by Gasteiger charge is 2.29. The Morgan fingerprint density at radius 2 is 2.25 bits per heavy atom. The second kappa shape index (κ2) is 5.05. The van der Waals surface area contributed by atoms with Crippen LogP contribution in [0.2, 0.25) is 0 Å². The van der Waals surface area contributed by atoms with Gasteiger partial charge in [-0.3, -0.25) is 4.79 Å². The minimum absolute atomic E-state index is 0.00279. The monoisotopic (exact) mass is 179 g/mol. The van der Waals surface area contributed by atoms with Crippen molar-refractivity contribution in [3.05, 3.63) is 0 Å². The van der Waals surface area contributed by atoms with Crippen LogP contribution >= 0.6 is 0 Å². The highest BCUT2D eigenvalue weighted by atomic mass is 19.3. The Kier molecular flexibility index (Phi) is 4.77. The van der Waals surface area contributed by atoms with Crippen LogP contribution in [0.3, 0.4) is 0 Å². The van der Waals surface area contributed by atoms with Crippen LogP contribution in [0.25, 0.3) is 0 Å². The Balaban J connectivity index is 3.72. The van der Waals surface area contributed by atoms with E-state index in [-0.39, 0.29) is 6.61 Å². The Bertz CT molecular complexity index is 150. The third kappa shape index (κ3) is 3.64. The van der Waals surface area contributed by atoms with Gasteiger partial charge in [0.25, 0.3) is 5.91 Å². The fourth-order valence-electron chi connectivity index (χ4n) is 0.529. The molecule has 0 heterocycles. The third-order valence-corrected chi connectivity index (χ3v) is 1.36. The molecule has 5 heteroatoms. The molecule has 0 fully saturated rings. The van der Waals surface area contributed by atoms with Gasteiger partial charge >= 0.3 is 0 Å². The fourth-order valence-corrected chi connectivity index (χ4v) is 0.529. The first-order valence-corrected chi connectivity index (χ1v) is 3.73. The van der Waals surface area contributed by atoms with Gasteiger partial charge in [0.05, 0.1) is 0 Å². The molecule has 4 nitrogen and oxygen atoms in total. The van der Waals surface area contributed by atoms with E-state index in [4.69, 9.17) is 5.11 Å². The van der Waals surface area contributed by atoms with E-state index in [1.807, 2.05) is 0 Å². The van der Waals surface area contributed by atoms with Crippen LogP contribution in [0.4, 0.5) is 4.53 Å². The van der Waals surface area contributed by atoms with E-state index in [9.17, 15) is 9.32 Å². The molecule has 0 rings (SSSR count). The lowest BCUT2D eigenvalue weighted by Crippen LogP contribution is -2.43. The van der Waals surface area contributed by atoms with Crippen LogP contribution < -0.4 is 5.32 Å². The number of amides is 1. The van der Waals surface area contributed by atoms with Crippen molar-refractivity contribution in [3.63, 3.8) is 0 Å². The smallest absolute Gasteiger partial charge is 0.255 e. The maximum atomic E-state index is 11.7. The molecule has 72 valence electrons. The highest BCUT2D eigenvalue weighted by molar-refractivity contribution is 5.84. The summed E-state index contributed by atoms with van der Waals surface area (Å²) in [6.07, 6.45) is 0.452. The second-order valence-electron chi connectivity index (χ2n) is 2.92. The zero-order valence-electron chi connectivity index (χ0n) is 7.26. The third-order valence-electron chi connectivity index (χ3n) is 1.36. The normalized spacial score (nSPS) is 11.3. The fraction of sp³-hybridized carbons (Fsp3) is 0.857. The minimum atomic E-state index is -1.45. The molecule has 0 atom stereocenters. The molecule has 0 aliphatic rings. The highest BCUT2D eigenvalue weighted by Crippen LogP contribution is 2.08. The number of aliphatic hydroxyl groups is 1. The van der Waals surface area contributed by atoms with E-state index >= 15 is 0 Å². The Hall–Kier alpha value is -0.680. The maximum Gasteiger partial charge on any atom is 0.255 e. The van der Waals surface area contributed by atoms with Gasteiger partial charge in [-0.05, 0) is 24.8 Å². The number of hydrogen-bond donors (Lipinski definition) is 2. The van der Waals surface area contributed by atoms with Gasteiger partial charge in [-0.2, -0.15) is 4.94 Å². The van der Waals surface area contributed by atoms with Gasteiger partial charge in [-0.25, -0.2) is 0 Å². The summed E-state index contributed by atoms with van der Waals surface area (Å²) in [6, 6.07) is 0. The average Bonchev–Trinajstić information content (AvgIpc) is 2.05. The summed E-state index contributed by atoms with van der Waals surface area (Å²) in [7, 11) is 0. The van der Waals surface area contributed by atoms with Crippen molar-refractivity contribution in [1.82, 2.24) is 5.32 Å². The van der Waals surface area contributed by atoms with Crippen molar-refractivity contribution in [2.24, 2.45) is 0 Å². The van der Waals surface area contributed by atoms with E-state index in [0.717, 1.165) is 0 Å². The summed E-state index contributed by atoms with van der Waals surface area (Å²) < 4.78 is 11.7. The van der Waals surface area contributed by atoms with E-state index in [1.54, 1.807) is 0 Å². The van der Waals surface area contributed by atoms with Crippen LogP contribution in [-0.4, -0.2) is 29.8 Å². The lowest BCUT2D eigenvalue weighted by atomic mass is 10.1. The Morgan fingerprint density at radius 1 is 1.67 bits per heavy atom. The molecule has 0 saturated carbocycles. The quantitative estimate of drug-likeness (QED) is 0.591.